The van der Waals surface area contributed by atoms with Gasteiger partial charge in [0.2, 0.25) is 5.91 Å². The van der Waals surface area contributed by atoms with Crippen LogP contribution in [0.5, 0.6) is 0 Å². The summed E-state index contributed by atoms with van der Waals surface area (Å²) in [5, 5.41) is 5.26. The average Bonchev–Trinajstić information content (AvgIpc) is 2.79. The highest BCUT2D eigenvalue weighted by Gasteiger charge is 2.20. The molecule has 0 aliphatic heterocycles. The molecule has 0 fully saturated rings. The monoisotopic (exact) mass is 455 g/mol. The Hall–Kier alpha value is -4.44. The minimum Gasteiger partial charge on any atom is -0.444 e. The molecule has 0 unspecified atom stereocenters. The van der Waals surface area contributed by atoms with Crippen molar-refractivity contribution in [2.24, 2.45) is 0 Å². The summed E-state index contributed by atoms with van der Waals surface area (Å²) >= 11 is 0. The van der Waals surface area contributed by atoms with Crippen LogP contribution >= 0.6 is 0 Å². The maximum atomic E-state index is 12.8. The molecule has 0 bridgehead atoms. The largest absolute Gasteiger partial charge is 0.444 e. The molecule has 0 atom stereocenters. The summed E-state index contributed by atoms with van der Waals surface area (Å²) in [4.78, 5) is 41.8. The van der Waals surface area contributed by atoms with Crippen LogP contribution in [0.25, 0.3) is 11.1 Å². The van der Waals surface area contributed by atoms with Gasteiger partial charge in [-0.05, 0) is 50.6 Å². The van der Waals surface area contributed by atoms with Crippen LogP contribution in [-0.4, -0.2) is 28.4 Å². The van der Waals surface area contributed by atoms with Gasteiger partial charge >= 0.3 is 6.09 Å². The van der Waals surface area contributed by atoms with Gasteiger partial charge in [0.25, 0.3) is 0 Å². The molecule has 1 aromatic heterocycles. The summed E-state index contributed by atoms with van der Waals surface area (Å²) in [6.07, 6.45) is 7.85. The van der Waals surface area contributed by atoms with Gasteiger partial charge in [-0.25, -0.2) is 4.79 Å². The highest BCUT2D eigenvalue weighted by atomic mass is 16.6. The first-order valence-electron chi connectivity index (χ1n) is 10.6. The molecule has 0 aliphatic rings. The summed E-state index contributed by atoms with van der Waals surface area (Å²) in [7, 11) is 0. The lowest BCUT2D eigenvalue weighted by Crippen LogP contribution is -2.28. The number of hydrogen-bond donors (Lipinski definition) is 2. The molecule has 0 saturated heterocycles. The summed E-state index contributed by atoms with van der Waals surface area (Å²) in [5.74, 6) is 1.55. The molecular formula is C27H25N3O4. The minimum atomic E-state index is -0.700. The minimum absolute atomic E-state index is 0.220. The highest BCUT2D eigenvalue weighted by molar-refractivity contribution is 6.12. The molecule has 34 heavy (non-hydrogen) atoms. The molecule has 172 valence electrons. The SMILES string of the molecule is C#Cc1cccc(NC(=O)OC(C)(C)C)c1NC(=O)CC(=O)c1cccc(-c2cccnc2)c1. The molecule has 0 spiro atoms. The van der Waals surface area contributed by atoms with Gasteiger partial charge < -0.3 is 10.1 Å². The average molecular weight is 456 g/mol. The van der Waals surface area contributed by atoms with Crippen LogP contribution in [0.4, 0.5) is 16.2 Å². The molecule has 0 aliphatic carbocycles. The zero-order valence-electron chi connectivity index (χ0n) is 19.2. The van der Waals surface area contributed by atoms with Crippen molar-refractivity contribution >= 4 is 29.2 Å². The van der Waals surface area contributed by atoms with Crippen LogP contribution in [-0.2, 0) is 9.53 Å². The zero-order valence-corrected chi connectivity index (χ0v) is 19.2. The van der Waals surface area contributed by atoms with E-state index >= 15 is 0 Å². The van der Waals surface area contributed by atoms with Crippen LogP contribution < -0.4 is 10.6 Å². The van der Waals surface area contributed by atoms with E-state index in [4.69, 9.17) is 11.2 Å². The lowest BCUT2D eigenvalue weighted by atomic mass is 10.0. The zero-order chi connectivity index (χ0) is 24.7. The number of ether oxygens (including phenoxy) is 1. The van der Waals surface area contributed by atoms with Crippen LogP contribution in [0, 0.1) is 12.3 Å². The van der Waals surface area contributed by atoms with E-state index in [2.05, 4.69) is 21.5 Å². The standard InChI is InChI=1S/C27H25N3O4/c1-5-18-9-7-13-22(29-26(33)34-27(2,3)4)25(18)30-24(32)16-23(31)20-11-6-10-19(15-20)21-12-8-14-28-17-21/h1,6-15,17H,16H2,2-4H3,(H,29,33)(H,30,32). The quantitative estimate of drug-likeness (QED) is 0.299. The molecule has 2 N–H and O–H groups in total. The molecule has 7 heteroatoms. The molecule has 0 radical (unpaired) electrons. The highest BCUT2D eigenvalue weighted by Crippen LogP contribution is 2.27. The third-order valence-electron chi connectivity index (χ3n) is 4.62. The van der Waals surface area contributed by atoms with E-state index in [1.54, 1.807) is 69.6 Å². The predicted molar refractivity (Wildman–Crippen MR) is 131 cm³/mol. The smallest absolute Gasteiger partial charge is 0.412 e. The third kappa shape index (κ3) is 6.53. The summed E-state index contributed by atoms with van der Waals surface area (Å²) in [6, 6.07) is 15.5. The van der Waals surface area contributed by atoms with Gasteiger partial charge in [0.15, 0.2) is 5.78 Å². The normalized spacial score (nSPS) is 10.6. The second-order valence-electron chi connectivity index (χ2n) is 8.47. The van der Waals surface area contributed by atoms with Crippen LogP contribution in [0.3, 0.4) is 0 Å². The number of nitrogens with zero attached hydrogens (tertiary/aromatic N) is 1. The van der Waals surface area contributed by atoms with Gasteiger partial charge in [-0.1, -0.05) is 36.3 Å². The second kappa shape index (κ2) is 10.5. The Kier molecular flexibility index (Phi) is 7.44. The van der Waals surface area contributed by atoms with E-state index in [0.717, 1.165) is 11.1 Å². The Morgan fingerprint density at radius 1 is 1.00 bits per heavy atom. The number of terminal acetylenes is 1. The van der Waals surface area contributed by atoms with Gasteiger partial charge in [-0.3, -0.25) is 19.9 Å². The molecule has 0 saturated carbocycles. The van der Waals surface area contributed by atoms with Gasteiger partial charge in [0, 0.05) is 29.1 Å². The number of anilines is 2. The number of rotatable bonds is 6. The number of carbonyl (C=O) groups excluding carboxylic acids is 3. The number of Topliss-reactive ketones (excluding diaryl/α,β-unsaturated/α-hetero) is 1. The van der Waals surface area contributed by atoms with Crippen LogP contribution in [0.1, 0.15) is 43.1 Å². The number of para-hydroxylation sites is 1. The van der Waals surface area contributed by atoms with Crippen LogP contribution in [0.15, 0.2) is 67.0 Å². The number of carbonyl (C=O) groups is 3. The number of amides is 2. The molecule has 1 heterocycles. The summed E-state index contributed by atoms with van der Waals surface area (Å²) < 4.78 is 5.27. The Balaban J connectivity index is 1.75. The van der Waals surface area contributed by atoms with Crippen molar-refractivity contribution in [1.82, 2.24) is 4.98 Å². The molecule has 2 amide bonds. The van der Waals surface area contributed by atoms with Gasteiger partial charge in [0.05, 0.1) is 17.8 Å². The van der Waals surface area contributed by atoms with E-state index in [-0.39, 0.29) is 17.2 Å². The van der Waals surface area contributed by atoms with Crippen molar-refractivity contribution in [2.45, 2.75) is 32.8 Å². The number of benzene rings is 2. The fourth-order valence-electron chi connectivity index (χ4n) is 3.16. The van der Waals surface area contributed by atoms with Crippen molar-refractivity contribution in [3.05, 3.63) is 78.1 Å². The number of pyridine rings is 1. The maximum Gasteiger partial charge on any atom is 0.412 e. The number of nitrogens with one attached hydrogen (secondary N) is 2. The topological polar surface area (TPSA) is 97.4 Å². The third-order valence-corrected chi connectivity index (χ3v) is 4.62. The van der Waals surface area contributed by atoms with Gasteiger partial charge in [-0.15, -0.1) is 6.42 Å². The Bertz CT molecular complexity index is 1250. The molecule has 3 rings (SSSR count). The number of ketones is 1. The first-order chi connectivity index (χ1) is 16.2. The van der Waals surface area contributed by atoms with Gasteiger partial charge in [0.1, 0.15) is 5.60 Å². The van der Waals surface area contributed by atoms with E-state index in [9.17, 15) is 14.4 Å². The Morgan fingerprint density at radius 2 is 1.74 bits per heavy atom. The van der Waals surface area contributed by atoms with Gasteiger partial charge in [-0.2, -0.15) is 0 Å². The molecular weight excluding hydrogens is 430 g/mol. The number of hydrogen-bond acceptors (Lipinski definition) is 5. The predicted octanol–water partition coefficient (Wildman–Crippen LogP) is 5.29. The fraction of sp³-hybridized carbons (Fsp3) is 0.185. The first-order valence-corrected chi connectivity index (χ1v) is 10.6. The molecule has 2 aromatic carbocycles. The van der Waals surface area contributed by atoms with E-state index in [1.807, 2.05) is 18.2 Å². The maximum absolute atomic E-state index is 12.8. The van der Waals surface area contributed by atoms with Crippen molar-refractivity contribution < 1.29 is 19.1 Å². The van der Waals surface area contributed by atoms with E-state index in [0.29, 0.717) is 11.1 Å². The summed E-state index contributed by atoms with van der Waals surface area (Å²) in [6.45, 7) is 5.21. The van der Waals surface area contributed by atoms with E-state index in [1.165, 1.54) is 0 Å². The lowest BCUT2D eigenvalue weighted by molar-refractivity contribution is -0.115. The molecule has 7 nitrogen and oxygen atoms in total. The Morgan fingerprint density at radius 3 is 2.41 bits per heavy atom. The van der Waals surface area contributed by atoms with Crippen molar-refractivity contribution in [3.63, 3.8) is 0 Å². The second-order valence-corrected chi connectivity index (χ2v) is 8.47. The van der Waals surface area contributed by atoms with E-state index < -0.39 is 24.0 Å². The lowest BCUT2D eigenvalue weighted by Gasteiger charge is -2.21. The van der Waals surface area contributed by atoms with Crippen LogP contribution in [0.2, 0.25) is 0 Å². The van der Waals surface area contributed by atoms with Crippen molar-refractivity contribution in [1.29, 1.82) is 0 Å². The van der Waals surface area contributed by atoms with Crippen molar-refractivity contribution in [3.8, 4) is 23.5 Å². The molecule has 3 aromatic rings. The number of aromatic nitrogens is 1. The first kappa shape index (κ1) is 24.2. The summed E-state index contributed by atoms with van der Waals surface area (Å²) in [5.41, 5.74) is 2.22. The fourth-order valence-corrected chi connectivity index (χ4v) is 3.16. The van der Waals surface area contributed by atoms with Crippen molar-refractivity contribution in [2.75, 3.05) is 10.6 Å². The Labute approximate surface area is 198 Å².